The maximum Gasteiger partial charge on any atom is 0.132 e. The number of ketones is 1. The van der Waals surface area contributed by atoms with E-state index in [1.807, 2.05) is 51.1 Å². The van der Waals surface area contributed by atoms with Crippen molar-refractivity contribution < 1.29 is 9.53 Å². The number of alkyl halides is 1. The molecule has 1 aromatic carbocycles. The molecule has 0 saturated heterocycles. The molecule has 0 N–H and O–H groups in total. The molecular weight excluding hydrogens is 292 g/mol. The average Bonchev–Trinajstić information content (AvgIpc) is 2.39. The molecule has 0 heterocycles. The molecule has 18 heavy (non-hydrogen) atoms. The largest absolute Gasteiger partial charge is 0.490 e. The molecule has 102 valence electrons. The van der Waals surface area contributed by atoms with Gasteiger partial charge < -0.3 is 4.74 Å². The quantitative estimate of drug-likeness (QED) is 0.742. The van der Waals surface area contributed by atoms with Crippen LogP contribution in [0.5, 0.6) is 5.75 Å². The Hall–Kier alpha value is -0.830. The van der Waals surface area contributed by atoms with Crippen LogP contribution in [0.1, 0.15) is 40.5 Å². The van der Waals surface area contributed by atoms with Gasteiger partial charge in [0.25, 0.3) is 0 Å². The summed E-state index contributed by atoms with van der Waals surface area (Å²) in [6, 6.07) is 9.86. The van der Waals surface area contributed by atoms with E-state index in [2.05, 4.69) is 22.9 Å². The molecular formula is C15H23BrO2. The first kappa shape index (κ1) is 17.2. The Morgan fingerprint density at radius 2 is 1.67 bits per heavy atom. The Kier molecular flexibility index (Phi) is 9.66. The van der Waals surface area contributed by atoms with E-state index >= 15 is 0 Å². The summed E-state index contributed by atoms with van der Waals surface area (Å²) in [6.07, 6.45) is 1.58. The van der Waals surface area contributed by atoms with Crippen LogP contribution in [-0.2, 0) is 4.79 Å². The number of halogens is 1. The van der Waals surface area contributed by atoms with Crippen LogP contribution in [0.15, 0.2) is 30.3 Å². The van der Waals surface area contributed by atoms with Crippen molar-refractivity contribution >= 4 is 21.7 Å². The van der Waals surface area contributed by atoms with Crippen LogP contribution in [-0.4, -0.2) is 16.7 Å². The lowest BCUT2D eigenvalue weighted by atomic mass is 10.3. The summed E-state index contributed by atoms with van der Waals surface area (Å²) in [5, 5.41) is 0. The van der Waals surface area contributed by atoms with Crippen LogP contribution in [0, 0.1) is 0 Å². The average molecular weight is 315 g/mol. The third-order valence-corrected chi connectivity index (χ3v) is 3.25. The number of carbonyl (C=O) groups excluding carboxylic acids is 1. The molecule has 1 aromatic rings. The molecule has 2 nitrogen and oxygen atoms in total. The first-order valence-electron chi connectivity index (χ1n) is 6.38. The van der Waals surface area contributed by atoms with Crippen molar-refractivity contribution in [1.29, 1.82) is 0 Å². The Balaban J connectivity index is 0.000000411. The van der Waals surface area contributed by atoms with Gasteiger partial charge in [0.1, 0.15) is 17.6 Å². The van der Waals surface area contributed by atoms with Crippen molar-refractivity contribution in [2.75, 3.05) is 0 Å². The van der Waals surface area contributed by atoms with Gasteiger partial charge in [0, 0.05) is 17.7 Å². The lowest BCUT2D eigenvalue weighted by Gasteiger charge is -2.16. The highest BCUT2D eigenvalue weighted by Crippen LogP contribution is 2.15. The maximum atomic E-state index is 10.2. The van der Waals surface area contributed by atoms with Crippen LogP contribution < -0.4 is 4.74 Å². The van der Waals surface area contributed by atoms with Crippen LogP contribution in [0.2, 0.25) is 0 Å². The Labute approximate surface area is 119 Å². The number of carbonyl (C=O) groups is 1. The van der Waals surface area contributed by atoms with E-state index in [4.69, 9.17) is 4.74 Å². The van der Waals surface area contributed by atoms with Gasteiger partial charge in [0.05, 0.1) is 0 Å². The number of rotatable bonds is 5. The second-order valence-electron chi connectivity index (χ2n) is 4.06. The number of ether oxygens (including phenoxy) is 1. The molecule has 0 saturated carbocycles. The minimum atomic E-state index is 0.201. The van der Waals surface area contributed by atoms with Crippen molar-refractivity contribution in [1.82, 2.24) is 0 Å². The molecule has 0 aliphatic rings. The first-order valence-corrected chi connectivity index (χ1v) is 7.30. The second-order valence-corrected chi connectivity index (χ2v) is 5.50. The molecule has 0 radical (unpaired) electrons. The van der Waals surface area contributed by atoms with Gasteiger partial charge in [-0.15, -0.1) is 0 Å². The summed E-state index contributed by atoms with van der Waals surface area (Å²) in [5.41, 5.74) is 0. The van der Waals surface area contributed by atoms with Gasteiger partial charge in [-0.2, -0.15) is 0 Å². The maximum absolute atomic E-state index is 10.2. The minimum absolute atomic E-state index is 0.201. The molecule has 0 aliphatic heterocycles. The Bertz CT molecular complexity index is 317. The monoisotopic (exact) mass is 314 g/mol. The molecule has 0 fully saturated rings. The van der Waals surface area contributed by atoms with Crippen molar-refractivity contribution in [3.8, 4) is 5.75 Å². The summed E-state index contributed by atoms with van der Waals surface area (Å²) in [6.45, 7) is 7.89. The van der Waals surface area contributed by atoms with Gasteiger partial charge in [-0.25, -0.2) is 0 Å². The fourth-order valence-electron chi connectivity index (χ4n) is 1.06. The van der Waals surface area contributed by atoms with E-state index in [-0.39, 0.29) is 6.10 Å². The van der Waals surface area contributed by atoms with E-state index in [0.717, 1.165) is 5.75 Å². The summed E-state index contributed by atoms with van der Waals surface area (Å²) in [4.78, 5) is 10.6. The molecule has 0 aliphatic carbocycles. The zero-order chi connectivity index (χ0) is 14.0. The highest BCUT2D eigenvalue weighted by Gasteiger charge is 2.08. The molecule has 0 amide bonds. The van der Waals surface area contributed by atoms with E-state index in [9.17, 15) is 4.79 Å². The molecule has 0 bridgehead atoms. The van der Waals surface area contributed by atoms with Crippen LogP contribution in [0.3, 0.4) is 0 Å². The van der Waals surface area contributed by atoms with Crippen LogP contribution >= 0.6 is 15.9 Å². The van der Waals surface area contributed by atoms with Crippen molar-refractivity contribution in [2.45, 2.75) is 51.5 Å². The standard InChI is InChI=1S/C10H13BrO.C5H10O/c1-8(11)9(2)12-10-6-4-3-5-7-10;1-3-5(6)4-2/h3-9H,1-2H3;3-4H2,1-2H3. The summed E-state index contributed by atoms with van der Waals surface area (Å²) in [7, 11) is 0. The number of hydrogen-bond acceptors (Lipinski definition) is 2. The van der Waals surface area contributed by atoms with Gasteiger partial charge in [-0.1, -0.05) is 48.0 Å². The second kappa shape index (κ2) is 10.1. The molecule has 0 spiro atoms. The lowest BCUT2D eigenvalue weighted by Crippen LogP contribution is -2.20. The highest BCUT2D eigenvalue weighted by atomic mass is 79.9. The predicted octanol–water partition coefficient (Wildman–Crippen LogP) is 4.61. The summed E-state index contributed by atoms with van der Waals surface area (Å²) >= 11 is 3.47. The number of hydrogen-bond donors (Lipinski definition) is 0. The zero-order valence-electron chi connectivity index (χ0n) is 11.7. The molecule has 0 aromatic heterocycles. The minimum Gasteiger partial charge on any atom is -0.490 e. The fraction of sp³-hybridized carbons (Fsp3) is 0.533. The van der Waals surface area contributed by atoms with Crippen molar-refractivity contribution in [2.24, 2.45) is 0 Å². The lowest BCUT2D eigenvalue weighted by molar-refractivity contribution is -0.118. The third-order valence-electron chi connectivity index (χ3n) is 2.50. The number of Topliss-reactive ketones (excluding diaryl/α,β-unsaturated/α-hetero) is 1. The SMILES string of the molecule is CC(Br)C(C)Oc1ccccc1.CCC(=O)CC. The van der Waals surface area contributed by atoms with Crippen molar-refractivity contribution in [3.63, 3.8) is 0 Å². The molecule has 2 atom stereocenters. The van der Waals surface area contributed by atoms with Gasteiger partial charge in [-0.3, -0.25) is 4.79 Å². The normalized spacial score (nSPS) is 12.9. The van der Waals surface area contributed by atoms with E-state index in [1.165, 1.54) is 0 Å². The van der Waals surface area contributed by atoms with E-state index < -0.39 is 0 Å². The van der Waals surface area contributed by atoms with Crippen molar-refractivity contribution in [3.05, 3.63) is 30.3 Å². The smallest absolute Gasteiger partial charge is 0.132 e. The highest BCUT2D eigenvalue weighted by molar-refractivity contribution is 9.09. The van der Waals surface area contributed by atoms with E-state index in [1.54, 1.807) is 0 Å². The summed E-state index contributed by atoms with van der Waals surface area (Å²) < 4.78 is 5.63. The van der Waals surface area contributed by atoms with Crippen LogP contribution in [0.25, 0.3) is 0 Å². The Morgan fingerprint density at radius 3 is 2.00 bits per heavy atom. The van der Waals surface area contributed by atoms with Gasteiger partial charge in [0.15, 0.2) is 0 Å². The first-order chi connectivity index (χ1) is 8.51. The molecule has 3 heteroatoms. The van der Waals surface area contributed by atoms with Gasteiger partial charge >= 0.3 is 0 Å². The van der Waals surface area contributed by atoms with Crippen LogP contribution in [0.4, 0.5) is 0 Å². The third kappa shape index (κ3) is 8.29. The topological polar surface area (TPSA) is 26.3 Å². The summed E-state index contributed by atoms with van der Waals surface area (Å²) in [5.74, 6) is 1.27. The molecule has 1 rings (SSSR count). The van der Waals surface area contributed by atoms with Gasteiger partial charge in [-0.05, 0) is 26.0 Å². The predicted molar refractivity (Wildman–Crippen MR) is 80.5 cm³/mol. The van der Waals surface area contributed by atoms with E-state index in [0.29, 0.717) is 23.5 Å². The zero-order valence-corrected chi connectivity index (χ0v) is 13.2. The number of benzene rings is 1. The Morgan fingerprint density at radius 1 is 1.17 bits per heavy atom. The van der Waals surface area contributed by atoms with Gasteiger partial charge in [0.2, 0.25) is 0 Å². The number of para-hydroxylation sites is 1. The fourth-order valence-corrected chi connectivity index (χ4v) is 1.17. The molecule has 2 unspecified atom stereocenters.